The van der Waals surface area contributed by atoms with Gasteiger partial charge in [0.15, 0.2) is 0 Å². The first kappa shape index (κ1) is 54.0. The van der Waals surface area contributed by atoms with E-state index >= 15 is 0 Å². The summed E-state index contributed by atoms with van der Waals surface area (Å²) in [6.07, 6.45) is 10.7. The van der Waals surface area contributed by atoms with E-state index in [9.17, 15) is 0 Å². The molecule has 0 spiro atoms. The summed E-state index contributed by atoms with van der Waals surface area (Å²) < 4.78 is 0. The molecule has 3 aliphatic heterocycles. The molecule has 0 N–H and O–H groups in total. The van der Waals surface area contributed by atoms with E-state index < -0.39 is 0 Å². The fourth-order valence-corrected chi connectivity index (χ4v) is 20.1. The molecule has 3 aliphatic carbocycles. The fraction of sp³-hybridized carbons (Fsp3) is 0.318. The Morgan fingerprint density at radius 3 is 0.864 bits per heavy atom. The molecule has 0 amide bonds. The third-order valence-corrected chi connectivity index (χ3v) is 25.2. The van der Waals surface area contributed by atoms with E-state index in [1.165, 1.54) is 153 Å². The quantitative estimate of drug-likeness (QED) is 0.147. The fourth-order valence-electron chi connectivity index (χ4n) is 20.1. The second-order valence-electron chi connectivity index (χ2n) is 30.0. The maximum atomic E-state index is 2.74. The highest BCUT2D eigenvalue weighted by atomic mass is 15.3. The van der Waals surface area contributed by atoms with Gasteiger partial charge in [0.05, 0.1) is 16.6 Å². The number of fused-ring (bicyclic) bond motifs is 9. The zero-order valence-corrected chi connectivity index (χ0v) is 53.1. The maximum absolute atomic E-state index is 2.74. The van der Waals surface area contributed by atoms with Crippen LogP contribution >= 0.6 is 0 Å². The second-order valence-corrected chi connectivity index (χ2v) is 30.0. The summed E-state index contributed by atoms with van der Waals surface area (Å²) in [7, 11) is 0. The molecule has 88 heavy (non-hydrogen) atoms. The van der Waals surface area contributed by atoms with E-state index in [-0.39, 0.29) is 32.9 Å². The van der Waals surface area contributed by atoms with E-state index in [1.807, 2.05) is 0 Å². The van der Waals surface area contributed by atoms with Gasteiger partial charge < -0.3 is 14.7 Å². The highest BCUT2D eigenvalue weighted by Gasteiger charge is 2.61. The lowest BCUT2D eigenvalue weighted by atomic mass is 9.59. The van der Waals surface area contributed by atoms with Crippen LogP contribution in [0.2, 0.25) is 0 Å². The normalized spacial score (nSPS) is 28.6. The summed E-state index contributed by atoms with van der Waals surface area (Å²) >= 11 is 0. The molecule has 9 atom stereocenters. The zero-order valence-electron chi connectivity index (χ0n) is 53.1. The first-order valence-corrected chi connectivity index (χ1v) is 33.4. The van der Waals surface area contributed by atoms with Crippen molar-refractivity contribution >= 4 is 66.4 Å². The molecule has 11 aromatic carbocycles. The molecule has 9 unspecified atom stereocenters. The summed E-state index contributed by atoms with van der Waals surface area (Å²) in [5.41, 5.74) is 22.4. The summed E-state index contributed by atoms with van der Waals surface area (Å²) in [4.78, 5) is 8.20. The third-order valence-electron chi connectivity index (χ3n) is 25.2. The number of hydrogen-bond acceptors (Lipinski definition) is 3. The first-order valence-electron chi connectivity index (χ1n) is 33.4. The zero-order chi connectivity index (χ0) is 59.9. The monoisotopic (exact) mass is 1150 g/mol. The molecule has 3 heteroatoms. The molecule has 3 nitrogen and oxygen atoms in total. The molecular formula is C85H83N3. The van der Waals surface area contributed by atoms with Crippen molar-refractivity contribution in [2.75, 3.05) is 14.7 Å². The molecule has 0 radical (unpaired) electrons. The lowest BCUT2D eigenvalue weighted by molar-refractivity contribution is 0.154. The van der Waals surface area contributed by atoms with Gasteiger partial charge in [0.1, 0.15) is 0 Å². The van der Waals surface area contributed by atoms with Crippen molar-refractivity contribution < 1.29 is 0 Å². The van der Waals surface area contributed by atoms with E-state index in [2.05, 4.69) is 289 Å². The Hall–Kier alpha value is -8.14. The highest BCUT2D eigenvalue weighted by Crippen LogP contribution is 2.66. The topological polar surface area (TPSA) is 9.72 Å². The smallest absolute Gasteiger partial charge is 0.0520 e. The Kier molecular flexibility index (Phi) is 11.6. The van der Waals surface area contributed by atoms with Gasteiger partial charge in [0.25, 0.3) is 0 Å². The van der Waals surface area contributed by atoms with Crippen molar-refractivity contribution in [1.82, 2.24) is 0 Å². The molecule has 0 aromatic heterocycles. The minimum Gasteiger partial charge on any atom is -0.334 e. The first-order chi connectivity index (χ1) is 42.5. The van der Waals surface area contributed by atoms with Crippen LogP contribution in [0.1, 0.15) is 137 Å². The Morgan fingerprint density at radius 2 is 0.568 bits per heavy atom. The van der Waals surface area contributed by atoms with Gasteiger partial charge in [-0.1, -0.05) is 169 Å². The predicted octanol–water partition coefficient (Wildman–Crippen LogP) is 23.2. The van der Waals surface area contributed by atoms with Crippen molar-refractivity contribution in [3.63, 3.8) is 0 Å². The van der Waals surface area contributed by atoms with Crippen molar-refractivity contribution in [3.05, 3.63) is 229 Å². The minimum absolute atomic E-state index is 0.0344. The van der Waals surface area contributed by atoms with Crippen LogP contribution in [0.5, 0.6) is 0 Å². The summed E-state index contributed by atoms with van der Waals surface area (Å²) in [6, 6.07) is 83.2. The molecule has 0 saturated heterocycles. The average molecular weight is 1150 g/mol. The van der Waals surface area contributed by atoms with Crippen LogP contribution in [0.15, 0.2) is 212 Å². The van der Waals surface area contributed by atoms with E-state index in [0.29, 0.717) is 17.8 Å². The highest BCUT2D eigenvalue weighted by molar-refractivity contribution is 6.32. The molecule has 11 aromatic rings. The Balaban J connectivity index is 0.940. The standard InChI is InChI=1S/C85H83N3/c1-54-40-43-80(4)72-46-58(30-37-75(72)86(83(80,7)51-54)61-24-16-11-17-25-61)69-49-68(57-22-14-10-15-23-57)64-33-34-66-70(59-31-38-76-73(47-59)81(5)44-41-55(2)52-84(81,8)87(76)62-26-18-12-19-27-62)50-71(67-36-35-65(69)78(64)79(66)67)60-32-39-77-74(48-60)82(6)45-42-56(3)53-85(82,9)88(77)63-28-20-13-21-29-63/h10-39,46-50,54-56H,40-45,51-53H2,1-9H3. The third kappa shape index (κ3) is 7.19. The van der Waals surface area contributed by atoms with E-state index in [4.69, 9.17) is 0 Å². The Labute approximate surface area is 522 Å². The molecule has 3 fully saturated rings. The van der Waals surface area contributed by atoms with Gasteiger partial charge in [-0.05, 0) is 275 Å². The Morgan fingerprint density at radius 1 is 0.295 bits per heavy atom. The molecule has 6 aliphatic rings. The van der Waals surface area contributed by atoms with Gasteiger partial charge >= 0.3 is 0 Å². The minimum atomic E-state index is -0.0759. The largest absolute Gasteiger partial charge is 0.334 e. The number of para-hydroxylation sites is 3. The van der Waals surface area contributed by atoms with Crippen LogP contribution in [0, 0.1) is 17.8 Å². The number of benzene rings is 11. The van der Waals surface area contributed by atoms with Crippen molar-refractivity contribution in [3.8, 4) is 44.5 Å². The number of rotatable bonds is 7. The van der Waals surface area contributed by atoms with Gasteiger partial charge in [-0.15, -0.1) is 0 Å². The molecular weight excluding hydrogens is 1060 g/mol. The molecule has 3 heterocycles. The number of hydrogen-bond donors (Lipinski definition) is 0. The summed E-state index contributed by atoms with van der Waals surface area (Å²) in [5, 5.41) is 7.99. The van der Waals surface area contributed by atoms with Gasteiger partial charge in [-0.25, -0.2) is 0 Å². The van der Waals surface area contributed by atoms with Crippen molar-refractivity contribution in [2.45, 2.75) is 153 Å². The average Bonchev–Trinajstić information content (AvgIpc) is 1.49. The molecule has 0 bridgehead atoms. The molecule has 3 saturated carbocycles. The van der Waals surface area contributed by atoms with Gasteiger partial charge in [-0.2, -0.15) is 0 Å². The SMILES string of the molecule is CC1CCC2(C)c3cc(-c4cc(-c5ccccc5)c5ccc6c(-c7ccc8c(c7)C7(C)CCC(C)CC7(C)N8c7ccccc7)cc(-c7ccc8c(c7)C7(C)CCC(C)CC7(C)N8c7ccccc7)c7ccc4c5c67)ccc3N(c3ccccc3)C2(C)C1. The lowest BCUT2D eigenvalue weighted by Crippen LogP contribution is -2.56. The number of nitrogens with zero attached hydrogens (tertiary/aromatic N) is 3. The summed E-state index contributed by atoms with van der Waals surface area (Å²) in [5.74, 6) is 1.95. The van der Waals surface area contributed by atoms with Gasteiger partial charge in [-0.3, -0.25) is 0 Å². The van der Waals surface area contributed by atoms with Crippen LogP contribution in [0.25, 0.3) is 76.8 Å². The van der Waals surface area contributed by atoms with Crippen LogP contribution in [0.3, 0.4) is 0 Å². The number of anilines is 6. The lowest BCUT2D eigenvalue weighted by Gasteiger charge is -2.52. The van der Waals surface area contributed by atoms with Crippen LogP contribution in [0.4, 0.5) is 34.1 Å². The maximum Gasteiger partial charge on any atom is 0.0520 e. The van der Waals surface area contributed by atoms with E-state index in [1.54, 1.807) is 0 Å². The van der Waals surface area contributed by atoms with Crippen LogP contribution < -0.4 is 14.7 Å². The van der Waals surface area contributed by atoms with Crippen LogP contribution in [-0.4, -0.2) is 16.6 Å². The van der Waals surface area contributed by atoms with E-state index in [0.717, 1.165) is 32.1 Å². The van der Waals surface area contributed by atoms with Crippen molar-refractivity contribution in [2.24, 2.45) is 17.8 Å². The molecule has 17 rings (SSSR count). The predicted molar refractivity (Wildman–Crippen MR) is 374 cm³/mol. The van der Waals surface area contributed by atoms with Gasteiger partial charge in [0, 0.05) is 50.4 Å². The molecule has 438 valence electrons. The Bertz CT molecular complexity index is 4460. The summed E-state index contributed by atoms with van der Waals surface area (Å²) in [6.45, 7) is 22.9. The van der Waals surface area contributed by atoms with Gasteiger partial charge in [0.2, 0.25) is 0 Å². The van der Waals surface area contributed by atoms with Crippen molar-refractivity contribution in [1.29, 1.82) is 0 Å². The van der Waals surface area contributed by atoms with Crippen LogP contribution in [-0.2, 0) is 16.2 Å². The second kappa shape index (κ2) is 18.9.